The van der Waals surface area contributed by atoms with Gasteiger partial charge in [-0.2, -0.15) is 0 Å². The van der Waals surface area contributed by atoms with Crippen LogP contribution in [0.2, 0.25) is 5.02 Å². The van der Waals surface area contributed by atoms with Gasteiger partial charge in [0, 0.05) is 20.1 Å². The Bertz CT molecular complexity index is 337. The number of morpholine rings is 1. The molecule has 2 rings (SSSR count). The van der Waals surface area contributed by atoms with E-state index in [1.165, 1.54) is 0 Å². The second kappa shape index (κ2) is 4.73. The first-order valence-electron chi connectivity index (χ1n) is 5.12. The summed E-state index contributed by atoms with van der Waals surface area (Å²) in [5.41, 5.74) is 2.16. The van der Waals surface area contributed by atoms with E-state index in [9.17, 15) is 0 Å². The van der Waals surface area contributed by atoms with E-state index in [1.54, 1.807) is 0 Å². The number of para-hydroxylation sites is 1. The van der Waals surface area contributed by atoms with E-state index in [-0.39, 0.29) is 0 Å². The number of nitrogens with zero attached hydrogens (tertiary/aromatic N) is 1. The normalized spacial score (nSPS) is 16.5. The predicted molar refractivity (Wildman–Crippen MR) is 64.0 cm³/mol. The molecule has 0 aliphatic carbocycles. The van der Waals surface area contributed by atoms with Crippen LogP contribution in [0.1, 0.15) is 0 Å². The van der Waals surface area contributed by atoms with Gasteiger partial charge >= 0.3 is 0 Å². The SMILES string of the molecule is CNc1cccc(Cl)c1N1CCOCC1. The molecule has 1 aromatic carbocycles. The van der Waals surface area contributed by atoms with Crippen LogP contribution in [0.4, 0.5) is 11.4 Å². The lowest BCUT2D eigenvalue weighted by molar-refractivity contribution is 0.123. The lowest BCUT2D eigenvalue weighted by Gasteiger charge is -2.31. The van der Waals surface area contributed by atoms with Gasteiger partial charge in [-0.15, -0.1) is 0 Å². The minimum absolute atomic E-state index is 0.772. The Hall–Kier alpha value is -0.930. The molecule has 0 spiro atoms. The second-order valence-electron chi connectivity index (χ2n) is 3.49. The number of hydrogen-bond donors (Lipinski definition) is 1. The third kappa shape index (κ3) is 2.19. The summed E-state index contributed by atoms with van der Waals surface area (Å²) in [6.45, 7) is 3.35. The molecule has 0 atom stereocenters. The van der Waals surface area contributed by atoms with E-state index in [4.69, 9.17) is 16.3 Å². The van der Waals surface area contributed by atoms with Gasteiger partial charge < -0.3 is 15.0 Å². The second-order valence-corrected chi connectivity index (χ2v) is 3.89. The van der Waals surface area contributed by atoms with Gasteiger partial charge in [-0.1, -0.05) is 17.7 Å². The Morgan fingerprint density at radius 3 is 2.73 bits per heavy atom. The van der Waals surface area contributed by atoms with Crippen LogP contribution in [0.15, 0.2) is 18.2 Å². The van der Waals surface area contributed by atoms with Crippen molar-refractivity contribution in [2.45, 2.75) is 0 Å². The van der Waals surface area contributed by atoms with E-state index >= 15 is 0 Å². The van der Waals surface area contributed by atoms with E-state index < -0.39 is 0 Å². The summed E-state index contributed by atoms with van der Waals surface area (Å²) in [7, 11) is 1.91. The van der Waals surface area contributed by atoms with Crippen molar-refractivity contribution in [3.8, 4) is 0 Å². The van der Waals surface area contributed by atoms with Crippen LogP contribution in [0.25, 0.3) is 0 Å². The average Bonchev–Trinajstić information content (AvgIpc) is 2.29. The summed E-state index contributed by atoms with van der Waals surface area (Å²) in [4.78, 5) is 2.26. The van der Waals surface area contributed by atoms with Crippen LogP contribution >= 0.6 is 11.6 Å². The minimum Gasteiger partial charge on any atom is -0.386 e. The Labute approximate surface area is 95.0 Å². The summed E-state index contributed by atoms with van der Waals surface area (Å²) in [6, 6.07) is 5.92. The molecule has 1 aliphatic heterocycles. The van der Waals surface area contributed by atoms with Gasteiger partial charge in [0.25, 0.3) is 0 Å². The van der Waals surface area contributed by atoms with Gasteiger partial charge in [-0.05, 0) is 12.1 Å². The molecule has 0 amide bonds. The molecular formula is C11H15ClN2O. The van der Waals surface area contributed by atoms with E-state index in [2.05, 4.69) is 10.2 Å². The molecule has 82 valence electrons. The topological polar surface area (TPSA) is 24.5 Å². The fourth-order valence-corrected chi connectivity index (χ4v) is 2.12. The highest BCUT2D eigenvalue weighted by Gasteiger charge is 2.16. The zero-order chi connectivity index (χ0) is 10.7. The van der Waals surface area contributed by atoms with Gasteiger partial charge in [0.1, 0.15) is 0 Å². The maximum Gasteiger partial charge on any atom is 0.0792 e. The molecule has 1 fully saturated rings. The number of rotatable bonds is 2. The average molecular weight is 227 g/mol. The first-order valence-corrected chi connectivity index (χ1v) is 5.49. The molecule has 1 heterocycles. The fourth-order valence-electron chi connectivity index (χ4n) is 1.83. The van der Waals surface area contributed by atoms with Gasteiger partial charge in [0.2, 0.25) is 0 Å². The molecule has 3 nitrogen and oxygen atoms in total. The first-order chi connectivity index (χ1) is 7.33. The monoisotopic (exact) mass is 226 g/mol. The third-order valence-electron chi connectivity index (χ3n) is 2.58. The van der Waals surface area contributed by atoms with Crippen LogP contribution in [0, 0.1) is 0 Å². The van der Waals surface area contributed by atoms with E-state index in [0.29, 0.717) is 0 Å². The van der Waals surface area contributed by atoms with Crippen LogP contribution in [-0.4, -0.2) is 33.4 Å². The third-order valence-corrected chi connectivity index (χ3v) is 2.89. The maximum absolute atomic E-state index is 6.22. The lowest BCUT2D eigenvalue weighted by atomic mass is 10.2. The zero-order valence-electron chi connectivity index (χ0n) is 8.79. The molecule has 0 radical (unpaired) electrons. The summed E-state index contributed by atoms with van der Waals surface area (Å²) in [5, 5.41) is 3.96. The quantitative estimate of drug-likeness (QED) is 0.837. The zero-order valence-corrected chi connectivity index (χ0v) is 9.55. The highest BCUT2D eigenvalue weighted by atomic mass is 35.5. The van der Waals surface area contributed by atoms with Crippen molar-refractivity contribution in [2.75, 3.05) is 43.6 Å². The number of halogens is 1. The highest BCUT2D eigenvalue weighted by molar-refractivity contribution is 6.34. The van der Waals surface area contributed by atoms with Crippen molar-refractivity contribution < 1.29 is 4.74 Å². The number of anilines is 2. The highest BCUT2D eigenvalue weighted by Crippen LogP contribution is 2.33. The first kappa shape index (κ1) is 10.6. The van der Waals surface area contributed by atoms with E-state index in [0.717, 1.165) is 42.7 Å². The van der Waals surface area contributed by atoms with Crippen LogP contribution < -0.4 is 10.2 Å². The number of nitrogens with one attached hydrogen (secondary N) is 1. The van der Waals surface area contributed by atoms with Crippen LogP contribution in [0.5, 0.6) is 0 Å². The molecule has 0 bridgehead atoms. The van der Waals surface area contributed by atoms with Crippen molar-refractivity contribution in [1.82, 2.24) is 0 Å². The number of benzene rings is 1. The smallest absolute Gasteiger partial charge is 0.0792 e. The summed E-state index contributed by atoms with van der Waals surface area (Å²) >= 11 is 6.22. The summed E-state index contributed by atoms with van der Waals surface area (Å²) in [5.74, 6) is 0. The maximum atomic E-state index is 6.22. The summed E-state index contributed by atoms with van der Waals surface area (Å²) < 4.78 is 5.33. The van der Waals surface area contributed by atoms with Gasteiger partial charge in [0.15, 0.2) is 0 Å². The minimum atomic E-state index is 0.772. The Balaban J connectivity index is 2.31. The summed E-state index contributed by atoms with van der Waals surface area (Å²) in [6.07, 6.45) is 0. The largest absolute Gasteiger partial charge is 0.386 e. The van der Waals surface area contributed by atoms with Crippen molar-refractivity contribution in [3.63, 3.8) is 0 Å². The molecule has 0 aromatic heterocycles. The fraction of sp³-hybridized carbons (Fsp3) is 0.455. The number of hydrogen-bond acceptors (Lipinski definition) is 3. The van der Waals surface area contributed by atoms with Crippen molar-refractivity contribution in [1.29, 1.82) is 0 Å². The number of ether oxygens (including phenoxy) is 1. The lowest BCUT2D eigenvalue weighted by Crippen LogP contribution is -2.36. The molecular weight excluding hydrogens is 212 g/mol. The van der Waals surface area contributed by atoms with Crippen molar-refractivity contribution in [2.24, 2.45) is 0 Å². The molecule has 1 aliphatic rings. The standard InChI is InChI=1S/C11H15ClN2O/c1-13-10-4-2-3-9(12)11(10)14-5-7-15-8-6-14/h2-4,13H,5-8H2,1H3. The Kier molecular flexibility index (Phi) is 3.34. The molecule has 0 saturated carbocycles. The van der Waals surface area contributed by atoms with Gasteiger partial charge in [0.05, 0.1) is 29.6 Å². The van der Waals surface area contributed by atoms with E-state index in [1.807, 2.05) is 25.2 Å². The van der Waals surface area contributed by atoms with Gasteiger partial charge in [-0.3, -0.25) is 0 Å². The molecule has 0 unspecified atom stereocenters. The van der Waals surface area contributed by atoms with Crippen molar-refractivity contribution in [3.05, 3.63) is 23.2 Å². The Morgan fingerprint density at radius 2 is 2.07 bits per heavy atom. The van der Waals surface area contributed by atoms with Gasteiger partial charge in [-0.25, -0.2) is 0 Å². The molecule has 1 N–H and O–H groups in total. The molecule has 15 heavy (non-hydrogen) atoms. The predicted octanol–water partition coefficient (Wildman–Crippen LogP) is 2.22. The van der Waals surface area contributed by atoms with Crippen molar-refractivity contribution >= 4 is 23.0 Å². The molecule has 1 aromatic rings. The Morgan fingerprint density at radius 1 is 1.33 bits per heavy atom. The molecule has 4 heteroatoms. The van der Waals surface area contributed by atoms with Crippen LogP contribution in [-0.2, 0) is 4.74 Å². The molecule has 1 saturated heterocycles. The van der Waals surface area contributed by atoms with Crippen LogP contribution in [0.3, 0.4) is 0 Å².